The van der Waals surface area contributed by atoms with Crippen molar-refractivity contribution in [3.63, 3.8) is 0 Å². The Labute approximate surface area is 177 Å². The summed E-state index contributed by atoms with van der Waals surface area (Å²) in [7, 11) is 2.57. The Morgan fingerprint density at radius 2 is 1.71 bits per heavy atom. The number of thiazole rings is 1. The number of carbonyl (C=O) groups is 1. The molecule has 0 atom stereocenters. The van der Waals surface area contributed by atoms with E-state index in [1.165, 1.54) is 26.6 Å². The summed E-state index contributed by atoms with van der Waals surface area (Å²) < 4.78 is 50.8. The Hall–Kier alpha value is -3.35. The quantitative estimate of drug-likeness (QED) is 0.604. The van der Waals surface area contributed by atoms with Crippen molar-refractivity contribution in [1.29, 1.82) is 0 Å². The number of nitrogens with one attached hydrogen (secondary N) is 1. The van der Waals surface area contributed by atoms with Gasteiger partial charge in [-0.15, -0.1) is 0 Å². The van der Waals surface area contributed by atoms with E-state index in [-0.39, 0.29) is 38.8 Å². The van der Waals surface area contributed by atoms with Crippen LogP contribution < -0.4 is 14.8 Å². The molecule has 0 bridgehead atoms. The van der Waals surface area contributed by atoms with E-state index in [0.29, 0.717) is 17.2 Å². The maximum atomic E-state index is 13.6. The SMILES string of the molecule is COc1ncnc(OC)c1C(=O)Nc1nc(C(F)(F)F)c(-c2cnc(C3CC3)nc2)s1. The van der Waals surface area contributed by atoms with Crippen LogP contribution >= 0.6 is 11.3 Å². The Kier molecular flexibility index (Phi) is 5.43. The van der Waals surface area contributed by atoms with Crippen LogP contribution in [-0.4, -0.2) is 45.0 Å². The summed E-state index contributed by atoms with van der Waals surface area (Å²) in [5, 5.41) is 2.07. The molecular formula is C18H15F3N6O3S. The molecule has 13 heteroatoms. The van der Waals surface area contributed by atoms with Crippen LogP contribution in [-0.2, 0) is 6.18 Å². The van der Waals surface area contributed by atoms with Crippen LogP contribution in [0.15, 0.2) is 18.7 Å². The van der Waals surface area contributed by atoms with Gasteiger partial charge in [-0.2, -0.15) is 13.2 Å². The normalized spacial score (nSPS) is 13.7. The lowest BCUT2D eigenvalue weighted by atomic mass is 10.2. The third kappa shape index (κ3) is 4.26. The van der Waals surface area contributed by atoms with Crippen LogP contribution in [0.25, 0.3) is 10.4 Å². The van der Waals surface area contributed by atoms with Crippen molar-refractivity contribution < 1.29 is 27.4 Å². The molecule has 31 heavy (non-hydrogen) atoms. The summed E-state index contributed by atoms with van der Waals surface area (Å²) in [4.78, 5) is 32.1. The highest BCUT2D eigenvalue weighted by Gasteiger charge is 2.39. The second-order valence-electron chi connectivity index (χ2n) is 6.52. The number of hydrogen-bond acceptors (Lipinski definition) is 9. The van der Waals surface area contributed by atoms with Crippen molar-refractivity contribution in [2.75, 3.05) is 19.5 Å². The number of hydrogen-bond donors (Lipinski definition) is 1. The molecule has 9 nitrogen and oxygen atoms in total. The molecule has 3 aromatic rings. The summed E-state index contributed by atoms with van der Waals surface area (Å²) in [6.45, 7) is 0. The van der Waals surface area contributed by atoms with Gasteiger partial charge >= 0.3 is 6.18 Å². The van der Waals surface area contributed by atoms with Gasteiger partial charge in [-0.25, -0.2) is 24.9 Å². The third-order valence-corrected chi connectivity index (χ3v) is 5.40. The molecule has 1 aliphatic rings. The first-order valence-electron chi connectivity index (χ1n) is 8.96. The fraction of sp³-hybridized carbons (Fsp3) is 0.333. The predicted molar refractivity (Wildman–Crippen MR) is 103 cm³/mol. The van der Waals surface area contributed by atoms with E-state index in [1.807, 2.05) is 0 Å². The largest absolute Gasteiger partial charge is 0.480 e. The number of alkyl halides is 3. The molecule has 0 aliphatic heterocycles. The van der Waals surface area contributed by atoms with Crippen LogP contribution in [0, 0.1) is 0 Å². The van der Waals surface area contributed by atoms with Gasteiger partial charge in [0.1, 0.15) is 12.2 Å². The predicted octanol–water partition coefficient (Wildman–Crippen LogP) is 3.56. The van der Waals surface area contributed by atoms with Gasteiger partial charge in [-0.3, -0.25) is 10.1 Å². The number of anilines is 1. The van der Waals surface area contributed by atoms with E-state index in [1.54, 1.807) is 0 Å². The van der Waals surface area contributed by atoms with Gasteiger partial charge in [0.05, 0.1) is 19.1 Å². The summed E-state index contributed by atoms with van der Waals surface area (Å²) in [5.41, 5.74) is -1.15. The Morgan fingerprint density at radius 3 is 2.23 bits per heavy atom. The minimum atomic E-state index is -4.74. The summed E-state index contributed by atoms with van der Waals surface area (Å²) >= 11 is 0.654. The van der Waals surface area contributed by atoms with Gasteiger partial charge < -0.3 is 9.47 Å². The van der Waals surface area contributed by atoms with Gasteiger partial charge in [0.15, 0.2) is 16.4 Å². The van der Waals surface area contributed by atoms with Crippen molar-refractivity contribution in [3.05, 3.63) is 35.8 Å². The van der Waals surface area contributed by atoms with Crippen LogP contribution in [0.4, 0.5) is 18.3 Å². The average molecular weight is 452 g/mol. The molecule has 1 N–H and O–H groups in total. The van der Waals surface area contributed by atoms with Crippen LogP contribution in [0.2, 0.25) is 0 Å². The second-order valence-corrected chi connectivity index (χ2v) is 7.52. The minimum absolute atomic E-state index is 0.0961. The van der Waals surface area contributed by atoms with E-state index >= 15 is 0 Å². The number of rotatable bonds is 6. The molecule has 0 radical (unpaired) electrons. The lowest BCUT2D eigenvalue weighted by molar-refractivity contribution is -0.140. The molecule has 3 heterocycles. The fourth-order valence-electron chi connectivity index (χ4n) is 2.79. The molecule has 4 rings (SSSR count). The molecule has 0 saturated heterocycles. The van der Waals surface area contributed by atoms with Crippen LogP contribution in [0.1, 0.15) is 40.6 Å². The highest BCUT2D eigenvalue weighted by molar-refractivity contribution is 7.19. The lowest BCUT2D eigenvalue weighted by Gasteiger charge is -2.09. The fourth-order valence-corrected chi connectivity index (χ4v) is 3.74. The Bertz CT molecular complexity index is 1090. The molecule has 1 fully saturated rings. The van der Waals surface area contributed by atoms with Crippen LogP contribution in [0.5, 0.6) is 11.8 Å². The summed E-state index contributed by atoms with van der Waals surface area (Å²) in [6, 6.07) is 0. The lowest BCUT2D eigenvalue weighted by Crippen LogP contribution is -2.16. The van der Waals surface area contributed by atoms with Crippen molar-refractivity contribution in [3.8, 4) is 22.2 Å². The van der Waals surface area contributed by atoms with Crippen molar-refractivity contribution in [1.82, 2.24) is 24.9 Å². The molecule has 1 aliphatic carbocycles. The number of nitrogens with zero attached hydrogens (tertiary/aromatic N) is 5. The van der Waals surface area contributed by atoms with Crippen molar-refractivity contribution in [2.24, 2.45) is 0 Å². The molecule has 0 spiro atoms. The highest BCUT2D eigenvalue weighted by atomic mass is 32.1. The first-order chi connectivity index (χ1) is 14.8. The molecule has 0 aromatic carbocycles. The maximum Gasteiger partial charge on any atom is 0.434 e. The average Bonchev–Trinajstić information content (AvgIpc) is 3.52. The minimum Gasteiger partial charge on any atom is -0.480 e. The van der Waals surface area contributed by atoms with E-state index in [4.69, 9.17) is 9.47 Å². The number of carbonyl (C=O) groups excluding carboxylic acids is 1. The molecule has 0 unspecified atom stereocenters. The van der Waals surface area contributed by atoms with Gasteiger partial charge in [0.25, 0.3) is 5.91 Å². The summed E-state index contributed by atoms with van der Waals surface area (Å²) in [6.07, 6.45) is 1.01. The van der Waals surface area contributed by atoms with Crippen LogP contribution in [0.3, 0.4) is 0 Å². The molecule has 162 valence electrons. The number of aromatic nitrogens is 5. The zero-order valence-electron chi connectivity index (χ0n) is 16.2. The first kappa shape index (κ1) is 20.9. The number of amides is 1. The molecular weight excluding hydrogens is 437 g/mol. The topological polar surface area (TPSA) is 112 Å². The Morgan fingerprint density at radius 1 is 1.10 bits per heavy atom. The first-order valence-corrected chi connectivity index (χ1v) is 9.78. The van der Waals surface area contributed by atoms with Crippen molar-refractivity contribution >= 4 is 22.4 Å². The third-order valence-electron chi connectivity index (χ3n) is 4.38. The number of halogens is 3. The van der Waals surface area contributed by atoms with Gasteiger partial charge in [0, 0.05) is 23.9 Å². The summed E-state index contributed by atoms with van der Waals surface area (Å²) in [5.74, 6) is -0.143. The standard InChI is InChI=1S/C18H15F3N6O3S/c1-29-15-10(16(30-2)25-7-24-15)14(28)27-17-26-12(18(19,20)21)11(31-17)9-5-22-13(23-6-9)8-3-4-8/h5-8H,3-4H2,1-2H3,(H,26,27,28). The van der Waals surface area contributed by atoms with Gasteiger partial charge in [-0.05, 0) is 12.8 Å². The Balaban J connectivity index is 1.68. The van der Waals surface area contributed by atoms with E-state index in [0.717, 1.165) is 19.2 Å². The van der Waals surface area contributed by atoms with Gasteiger partial charge in [0.2, 0.25) is 11.8 Å². The smallest absolute Gasteiger partial charge is 0.434 e. The second kappa shape index (κ2) is 8.06. The number of ether oxygens (including phenoxy) is 2. The zero-order chi connectivity index (χ0) is 22.2. The van der Waals surface area contributed by atoms with E-state index < -0.39 is 17.8 Å². The molecule has 3 aromatic heterocycles. The maximum absolute atomic E-state index is 13.6. The molecule has 1 saturated carbocycles. The van der Waals surface area contributed by atoms with E-state index in [9.17, 15) is 18.0 Å². The van der Waals surface area contributed by atoms with Crippen molar-refractivity contribution in [2.45, 2.75) is 24.9 Å². The zero-order valence-corrected chi connectivity index (χ0v) is 17.0. The highest BCUT2D eigenvalue weighted by Crippen LogP contribution is 2.43. The monoisotopic (exact) mass is 452 g/mol. The number of methoxy groups -OCH3 is 2. The van der Waals surface area contributed by atoms with Gasteiger partial charge in [-0.1, -0.05) is 11.3 Å². The van der Waals surface area contributed by atoms with E-state index in [2.05, 4.69) is 30.2 Å². The molecule has 1 amide bonds.